The minimum Gasteiger partial charge on any atom is -0.321 e. The van der Waals surface area contributed by atoms with E-state index in [4.69, 9.17) is 0 Å². The number of nitrogens with one attached hydrogen (secondary N) is 1. The molecular weight excluding hydrogens is 400 g/mol. The summed E-state index contributed by atoms with van der Waals surface area (Å²) in [6, 6.07) is 19.7. The summed E-state index contributed by atoms with van der Waals surface area (Å²) in [5.74, 6) is -0.628. The smallest absolute Gasteiger partial charge is 0.255 e. The Balaban J connectivity index is 1.88. The van der Waals surface area contributed by atoms with Gasteiger partial charge in [0, 0.05) is 30.8 Å². The van der Waals surface area contributed by atoms with Crippen LogP contribution < -0.4 is 5.32 Å². The molecule has 0 heterocycles. The van der Waals surface area contributed by atoms with Crippen molar-refractivity contribution < 1.29 is 18.0 Å². The first-order chi connectivity index (χ1) is 14.2. The van der Waals surface area contributed by atoms with Crippen LogP contribution in [-0.2, 0) is 10.0 Å². The molecule has 6 nitrogen and oxygen atoms in total. The number of hydrogen-bond acceptors (Lipinski definition) is 4. The van der Waals surface area contributed by atoms with Gasteiger partial charge >= 0.3 is 0 Å². The summed E-state index contributed by atoms with van der Waals surface area (Å²) in [4.78, 5) is 25.8. The Bertz CT molecular complexity index is 1190. The highest BCUT2D eigenvalue weighted by Crippen LogP contribution is 2.22. The van der Waals surface area contributed by atoms with Crippen LogP contribution in [0, 0.1) is 6.92 Å². The van der Waals surface area contributed by atoms with Gasteiger partial charge in [-0.3, -0.25) is 9.59 Å². The quantitative estimate of drug-likeness (QED) is 0.614. The van der Waals surface area contributed by atoms with Crippen LogP contribution in [-0.4, -0.2) is 38.5 Å². The summed E-state index contributed by atoms with van der Waals surface area (Å²) in [6.07, 6.45) is 0. The number of anilines is 1. The maximum Gasteiger partial charge on any atom is 0.255 e. The van der Waals surface area contributed by atoms with Gasteiger partial charge in [-0.05, 0) is 43.3 Å². The number of amides is 1. The van der Waals surface area contributed by atoms with Gasteiger partial charge in [0.1, 0.15) is 0 Å². The number of carbonyl (C=O) groups excluding carboxylic acids is 2. The predicted molar refractivity (Wildman–Crippen MR) is 116 cm³/mol. The van der Waals surface area contributed by atoms with Crippen LogP contribution >= 0.6 is 0 Å². The summed E-state index contributed by atoms with van der Waals surface area (Å²) < 4.78 is 25.5. The minimum absolute atomic E-state index is 0.0966. The lowest BCUT2D eigenvalue weighted by molar-refractivity contribution is 0.102. The summed E-state index contributed by atoms with van der Waals surface area (Å²) in [5, 5.41) is 2.77. The van der Waals surface area contributed by atoms with Gasteiger partial charge in [0.25, 0.3) is 5.91 Å². The Morgan fingerprint density at radius 3 is 2.07 bits per heavy atom. The number of rotatable bonds is 6. The monoisotopic (exact) mass is 422 g/mol. The average molecular weight is 423 g/mol. The summed E-state index contributed by atoms with van der Waals surface area (Å²) >= 11 is 0. The van der Waals surface area contributed by atoms with Gasteiger partial charge in [0.2, 0.25) is 10.0 Å². The van der Waals surface area contributed by atoms with E-state index in [1.54, 1.807) is 36.4 Å². The largest absolute Gasteiger partial charge is 0.321 e. The topological polar surface area (TPSA) is 83.6 Å². The van der Waals surface area contributed by atoms with Gasteiger partial charge in [0.05, 0.1) is 10.6 Å². The van der Waals surface area contributed by atoms with Gasteiger partial charge in [-0.2, -0.15) is 0 Å². The number of nitrogens with zero attached hydrogens (tertiary/aromatic N) is 1. The molecule has 0 spiro atoms. The lowest BCUT2D eigenvalue weighted by atomic mass is 9.99. The molecule has 154 valence electrons. The number of carbonyl (C=O) groups is 2. The van der Waals surface area contributed by atoms with Gasteiger partial charge in [-0.1, -0.05) is 42.0 Å². The molecule has 7 heteroatoms. The highest BCUT2D eigenvalue weighted by molar-refractivity contribution is 7.89. The zero-order valence-corrected chi connectivity index (χ0v) is 17.7. The molecule has 3 rings (SSSR count). The third-order valence-corrected chi connectivity index (χ3v) is 6.43. The minimum atomic E-state index is -3.57. The number of aryl methyl sites for hydroxylation is 1. The van der Waals surface area contributed by atoms with Crippen molar-refractivity contribution >= 4 is 27.4 Å². The fourth-order valence-electron chi connectivity index (χ4n) is 2.88. The fraction of sp³-hybridized carbons (Fsp3) is 0.130. The summed E-state index contributed by atoms with van der Waals surface area (Å²) in [5.41, 5.74) is 2.49. The maximum atomic E-state index is 12.9. The second-order valence-electron chi connectivity index (χ2n) is 7.01. The van der Waals surface area contributed by atoms with E-state index in [0.29, 0.717) is 16.8 Å². The molecule has 0 saturated carbocycles. The summed E-state index contributed by atoms with van der Waals surface area (Å²) in [6.45, 7) is 1.87. The molecule has 0 aliphatic carbocycles. The van der Waals surface area contributed by atoms with Crippen molar-refractivity contribution in [3.05, 3.63) is 95.1 Å². The standard InChI is InChI=1S/C23H22N2O4S/c1-16-9-14-21(20(15-16)22(26)17-7-5-4-6-8-17)24-23(27)18-10-12-19(13-11-18)30(28,29)25(2)3/h4-15H,1-3H3,(H,24,27). The van der Waals surface area contributed by atoms with Gasteiger partial charge in [-0.15, -0.1) is 0 Å². The Labute approximate surface area is 176 Å². The molecule has 1 N–H and O–H groups in total. The Morgan fingerprint density at radius 1 is 0.833 bits per heavy atom. The van der Waals surface area contributed by atoms with Crippen LogP contribution in [0.25, 0.3) is 0 Å². The first-order valence-corrected chi connectivity index (χ1v) is 10.7. The third kappa shape index (κ3) is 4.48. The van der Waals surface area contributed by atoms with E-state index in [9.17, 15) is 18.0 Å². The molecule has 0 bridgehead atoms. The highest BCUT2D eigenvalue weighted by Gasteiger charge is 2.19. The fourth-order valence-corrected chi connectivity index (χ4v) is 3.79. The van der Waals surface area contributed by atoms with Crippen LogP contribution in [0.2, 0.25) is 0 Å². The van der Waals surface area contributed by atoms with E-state index in [0.717, 1.165) is 9.87 Å². The Hall–Kier alpha value is -3.29. The molecule has 30 heavy (non-hydrogen) atoms. The molecule has 3 aromatic rings. The van der Waals surface area contributed by atoms with E-state index in [1.165, 1.54) is 38.4 Å². The van der Waals surface area contributed by atoms with Crippen LogP contribution in [0.5, 0.6) is 0 Å². The Kier molecular flexibility index (Phi) is 6.14. The Morgan fingerprint density at radius 2 is 1.47 bits per heavy atom. The molecule has 0 aromatic heterocycles. The van der Waals surface area contributed by atoms with E-state index in [2.05, 4.69) is 5.32 Å². The number of hydrogen-bond donors (Lipinski definition) is 1. The van der Waals surface area contributed by atoms with Crippen molar-refractivity contribution in [3.8, 4) is 0 Å². The number of benzene rings is 3. The lowest BCUT2D eigenvalue weighted by Crippen LogP contribution is -2.22. The molecule has 1 amide bonds. The van der Waals surface area contributed by atoms with Gasteiger partial charge in [-0.25, -0.2) is 12.7 Å². The second-order valence-corrected chi connectivity index (χ2v) is 9.16. The molecule has 0 aliphatic heterocycles. The maximum absolute atomic E-state index is 12.9. The van der Waals surface area contributed by atoms with Crippen molar-refractivity contribution in [1.29, 1.82) is 0 Å². The average Bonchev–Trinajstić information content (AvgIpc) is 2.75. The van der Waals surface area contributed by atoms with Crippen molar-refractivity contribution in [1.82, 2.24) is 4.31 Å². The number of sulfonamides is 1. The van der Waals surface area contributed by atoms with Crippen molar-refractivity contribution in [2.24, 2.45) is 0 Å². The summed E-state index contributed by atoms with van der Waals surface area (Å²) in [7, 11) is -0.688. The van der Waals surface area contributed by atoms with Crippen LogP contribution in [0.3, 0.4) is 0 Å². The van der Waals surface area contributed by atoms with Crippen molar-refractivity contribution in [3.63, 3.8) is 0 Å². The van der Waals surface area contributed by atoms with Crippen molar-refractivity contribution in [2.45, 2.75) is 11.8 Å². The zero-order chi connectivity index (χ0) is 21.9. The van der Waals surface area contributed by atoms with E-state index in [1.807, 2.05) is 19.1 Å². The molecule has 0 fully saturated rings. The molecule has 3 aromatic carbocycles. The van der Waals surface area contributed by atoms with Gasteiger partial charge in [0.15, 0.2) is 5.78 Å². The first-order valence-electron chi connectivity index (χ1n) is 9.24. The van der Waals surface area contributed by atoms with E-state index < -0.39 is 15.9 Å². The molecule has 0 saturated heterocycles. The molecule has 0 unspecified atom stereocenters. The first kappa shape index (κ1) is 21.4. The van der Waals surface area contributed by atoms with Crippen LogP contribution in [0.15, 0.2) is 77.7 Å². The van der Waals surface area contributed by atoms with Gasteiger partial charge < -0.3 is 5.32 Å². The highest BCUT2D eigenvalue weighted by atomic mass is 32.2. The number of ketones is 1. The van der Waals surface area contributed by atoms with E-state index >= 15 is 0 Å². The zero-order valence-electron chi connectivity index (χ0n) is 16.9. The normalized spacial score (nSPS) is 11.3. The predicted octanol–water partition coefficient (Wildman–Crippen LogP) is 3.73. The molecule has 0 radical (unpaired) electrons. The van der Waals surface area contributed by atoms with E-state index in [-0.39, 0.29) is 16.2 Å². The third-order valence-electron chi connectivity index (χ3n) is 4.60. The van der Waals surface area contributed by atoms with Crippen molar-refractivity contribution in [2.75, 3.05) is 19.4 Å². The lowest BCUT2D eigenvalue weighted by Gasteiger charge is -2.13. The SMILES string of the molecule is Cc1ccc(NC(=O)c2ccc(S(=O)(=O)N(C)C)cc2)c(C(=O)c2ccccc2)c1. The van der Waals surface area contributed by atoms with Crippen LogP contribution in [0.1, 0.15) is 31.8 Å². The second kappa shape index (κ2) is 8.61. The molecule has 0 aliphatic rings. The molecular formula is C23H22N2O4S. The molecule has 0 atom stereocenters. The van der Waals surface area contributed by atoms with Crippen LogP contribution in [0.4, 0.5) is 5.69 Å².